The third kappa shape index (κ3) is 3.91. The molecule has 4 aromatic heterocycles. The molecule has 0 aliphatic heterocycles. The van der Waals surface area contributed by atoms with Gasteiger partial charge in [0.1, 0.15) is 0 Å². The Bertz CT molecular complexity index is 1180. The van der Waals surface area contributed by atoms with Crippen LogP contribution in [0.25, 0.3) is 21.6 Å². The van der Waals surface area contributed by atoms with Crippen molar-refractivity contribution in [1.29, 1.82) is 0 Å². The Balaban J connectivity index is 1.67. The number of aryl methyl sites for hydroxylation is 2. The van der Waals surface area contributed by atoms with Crippen molar-refractivity contribution in [2.75, 3.05) is 6.61 Å². The first kappa shape index (κ1) is 20.0. The Hall–Kier alpha value is -3.26. The highest BCUT2D eigenvalue weighted by Crippen LogP contribution is 2.29. The zero-order chi connectivity index (χ0) is 21.1. The number of hydrogen-bond donors (Lipinski definition) is 1. The van der Waals surface area contributed by atoms with Crippen LogP contribution in [0.4, 0.5) is 0 Å². The molecule has 0 aromatic carbocycles. The number of pyridine rings is 2. The number of amides is 1. The van der Waals surface area contributed by atoms with Crippen LogP contribution >= 0.6 is 11.3 Å². The van der Waals surface area contributed by atoms with Crippen molar-refractivity contribution < 1.29 is 9.53 Å². The summed E-state index contributed by atoms with van der Waals surface area (Å²) in [6.45, 7) is 4.84. The van der Waals surface area contributed by atoms with Crippen LogP contribution in [0.15, 0.2) is 41.9 Å². The summed E-state index contributed by atoms with van der Waals surface area (Å²) in [5, 5.41) is 10.2. The fourth-order valence-corrected chi connectivity index (χ4v) is 4.02. The molecule has 0 saturated heterocycles. The largest absolute Gasteiger partial charge is 0.477 e. The van der Waals surface area contributed by atoms with Gasteiger partial charge in [-0.1, -0.05) is 19.1 Å². The topological polar surface area (TPSA) is 81.9 Å². The molecule has 0 aliphatic rings. The van der Waals surface area contributed by atoms with E-state index in [2.05, 4.69) is 15.4 Å². The quantitative estimate of drug-likeness (QED) is 0.485. The number of aromatic nitrogens is 4. The van der Waals surface area contributed by atoms with Gasteiger partial charge in [0, 0.05) is 25.4 Å². The molecule has 30 heavy (non-hydrogen) atoms. The van der Waals surface area contributed by atoms with Gasteiger partial charge >= 0.3 is 0 Å². The van der Waals surface area contributed by atoms with Crippen molar-refractivity contribution in [3.63, 3.8) is 0 Å². The van der Waals surface area contributed by atoms with E-state index in [1.807, 2.05) is 56.6 Å². The van der Waals surface area contributed by atoms with Crippen molar-refractivity contribution in [2.24, 2.45) is 7.05 Å². The Morgan fingerprint density at radius 3 is 2.93 bits per heavy atom. The molecule has 0 radical (unpaired) electrons. The van der Waals surface area contributed by atoms with Gasteiger partial charge in [0.25, 0.3) is 5.91 Å². The Labute approximate surface area is 178 Å². The van der Waals surface area contributed by atoms with E-state index in [0.29, 0.717) is 30.2 Å². The van der Waals surface area contributed by atoms with Crippen LogP contribution in [0.2, 0.25) is 0 Å². The minimum Gasteiger partial charge on any atom is -0.477 e. The van der Waals surface area contributed by atoms with Crippen molar-refractivity contribution in [1.82, 2.24) is 25.1 Å². The first-order chi connectivity index (χ1) is 14.6. The zero-order valence-corrected chi connectivity index (χ0v) is 18.0. The molecule has 0 unspecified atom stereocenters. The highest BCUT2D eigenvalue weighted by molar-refractivity contribution is 7.13. The SMILES string of the molecule is CCCOc1ncccc1CNC(=O)c1cc(-c2cccs2)nc2c1c(C)nn2C. The van der Waals surface area contributed by atoms with Gasteiger partial charge < -0.3 is 10.1 Å². The molecule has 4 aromatic rings. The van der Waals surface area contributed by atoms with Gasteiger partial charge in [-0.2, -0.15) is 5.10 Å². The van der Waals surface area contributed by atoms with Crippen LogP contribution in [0.3, 0.4) is 0 Å². The molecular formula is C22H23N5O2S. The summed E-state index contributed by atoms with van der Waals surface area (Å²) in [7, 11) is 1.84. The molecule has 1 N–H and O–H groups in total. The highest BCUT2D eigenvalue weighted by atomic mass is 32.1. The number of hydrogen-bond acceptors (Lipinski definition) is 6. The molecule has 0 saturated carbocycles. The standard InChI is InChI=1S/C22H23N5O2S/c1-4-10-29-22-15(7-5-9-23-22)13-24-21(28)16-12-17(18-8-6-11-30-18)25-20-19(16)14(2)26-27(20)3/h5-9,11-12H,4,10,13H2,1-3H3,(H,24,28). The Morgan fingerprint density at radius 2 is 2.17 bits per heavy atom. The summed E-state index contributed by atoms with van der Waals surface area (Å²) in [5.41, 5.74) is 3.63. The summed E-state index contributed by atoms with van der Waals surface area (Å²) in [4.78, 5) is 23.2. The fraction of sp³-hybridized carbons (Fsp3) is 0.273. The lowest BCUT2D eigenvalue weighted by Gasteiger charge is -2.11. The maximum absolute atomic E-state index is 13.2. The number of rotatable bonds is 7. The van der Waals surface area contributed by atoms with Crippen LogP contribution in [-0.4, -0.2) is 32.3 Å². The predicted molar refractivity (Wildman–Crippen MR) is 118 cm³/mol. The predicted octanol–water partition coefficient (Wildman–Crippen LogP) is 4.12. The molecule has 154 valence electrons. The number of carbonyl (C=O) groups is 1. The molecule has 0 spiro atoms. The average molecular weight is 422 g/mol. The number of nitrogens with zero attached hydrogens (tertiary/aromatic N) is 4. The number of ether oxygens (including phenoxy) is 1. The third-order valence-electron chi connectivity index (χ3n) is 4.72. The van der Waals surface area contributed by atoms with Gasteiger partial charge in [-0.05, 0) is 36.9 Å². The second-order valence-corrected chi connectivity index (χ2v) is 7.89. The highest BCUT2D eigenvalue weighted by Gasteiger charge is 2.20. The summed E-state index contributed by atoms with van der Waals surface area (Å²) in [6, 6.07) is 9.56. The molecule has 0 aliphatic carbocycles. The van der Waals surface area contributed by atoms with Gasteiger partial charge in [0.2, 0.25) is 5.88 Å². The maximum atomic E-state index is 13.2. The van der Waals surface area contributed by atoms with Crippen molar-refractivity contribution in [3.05, 3.63) is 58.7 Å². The van der Waals surface area contributed by atoms with E-state index in [4.69, 9.17) is 9.72 Å². The summed E-state index contributed by atoms with van der Waals surface area (Å²) < 4.78 is 7.42. The van der Waals surface area contributed by atoms with Crippen LogP contribution in [-0.2, 0) is 13.6 Å². The lowest BCUT2D eigenvalue weighted by atomic mass is 10.1. The fourth-order valence-electron chi connectivity index (χ4n) is 3.33. The molecule has 8 heteroatoms. The Morgan fingerprint density at radius 1 is 1.30 bits per heavy atom. The lowest BCUT2D eigenvalue weighted by molar-refractivity contribution is 0.0952. The zero-order valence-electron chi connectivity index (χ0n) is 17.2. The van der Waals surface area contributed by atoms with E-state index in [-0.39, 0.29) is 5.91 Å². The van der Waals surface area contributed by atoms with E-state index >= 15 is 0 Å². The summed E-state index contributed by atoms with van der Waals surface area (Å²) in [6.07, 6.45) is 2.58. The van der Waals surface area contributed by atoms with Crippen molar-refractivity contribution in [3.8, 4) is 16.5 Å². The number of thiophene rings is 1. The number of nitrogens with one attached hydrogen (secondary N) is 1. The third-order valence-corrected chi connectivity index (χ3v) is 5.61. The lowest BCUT2D eigenvalue weighted by Crippen LogP contribution is -2.24. The number of carbonyl (C=O) groups excluding carboxylic acids is 1. The molecule has 7 nitrogen and oxygen atoms in total. The molecule has 0 atom stereocenters. The van der Waals surface area contributed by atoms with Crippen LogP contribution in [0.5, 0.6) is 5.88 Å². The van der Waals surface area contributed by atoms with Crippen LogP contribution < -0.4 is 10.1 Å². The molecule has 4 rings (SSSR count). The smallest absolute Gasteiger partial charge is 0.252 e. The first-order valence-corrected chi connectivity index (χ1v) is 10.7. The van der Waals surface area contributed by atoms with Gasteiger partial charge in [-0.25, -0.2) is 9.97 Å². The van der Waals surface area contributed by atoms with E-state index in [1.54, 1.807) is 22.2 Å². The van der Waals surface area contributed by atoms with Crippen molar-refractivity contribution >= 4 is 28.3 Å². The molecule has 1 amide bonds. The monoisotopic (exact) mass is 421 g/mol. The minimum atomic E-state index is -0.179. The van der Waals surface area contributed by atoms with Gasteiger partial charge in [0.05, 0.1) is 33.8 Å². The second kappa shape index (κ2) is 8.62. The van der Waals surface area contributed by atoms with Gasteiger partial charge in [-0.15, -0.1) is 11.3 Å². The van der Waals surface area contributed by atoms with Crippen LogP contribution in [0.1, 0.15) is 35.0 Å². The maximum Gasteiger partial charge on any atom is 0.252 e. The van der Waals surface area contributed by atoms with Gasteiger partial charge in [-0.3, -0.25) is 9.48 Å². The Kier molecular flexibility index (Phi) is 5.76. The first-order valence-electron chi connectivity index (χ1n) is 9.81. The van der Waals surface area contributed by atoms with E-state index in [0.717, 1.165) is 33.6 Å². The minimum absolute atomic E-state index is 0.179. The molecule has 0 bridgehead atoms. The molecule has 4 heterocycles. The summed E-state index contributed by atoms with van der Waals surface area (Å²) in [5.74, 6) is 0.373. The molecule has 0 fully saturated rings. The molecular weight excluding hydrogens is 398 g/mol. The van der Waals surface area contributed by atoms with E-state index in [9.17, 15) is 4.79 Å². The van der Waals surface area contributed by atoms with Gasteiger partial charge in [0.15, 0.2) is 5.65 Å². The summed E-state index contributed by atoms with van der Waals surface area (Å²) >= 11 is 1.59. The van der Waals surface area contributed by atoms with Crippen LogP contribution in [0, 0.1) is 6.92 Å². The number of fused-ring (bicyclic) bond motifs is 1. The normalized spacial score (nSPS) is 11.0. The average Bonchev–Trinajstić information content (AvgIpc) is 3.39. The van der Waals surface area contributed by atoms with E-state index in [1.165, 1.54) is 0 Å². The second-order valence-electron chi connectivity index (χ2n) is 6.94. The van der Waals surface area contributed by atoms with E-state index < -0.39 is 0 Å². The van der Waals surface area contributed by atoms with Crippen molar-refractivity contribution in [2.45, 2.75) is 26.8 Å².